The van der Waals surface area contributed by atoms with Gasteiger partial charge in [-0.15, -0.1) is 5.92 Å². The molecule has 1 rings (SSSR count). The van der Waals surface area contributed by atoms with Crippen LogP contribution in [-0.2, 0) is 25.6 Å². The second kappa shape index (κ2) is 21.0. The number of nitrogens with one attached hydrogen (secondary N) is 1. The maximum atomic E-state index is 13.5. The molecule has 46 heavy (non-hydrogen) atoms. The van der Waals surface area contributed by atoms with Crippen LogP contribution in [0.3, 0.4) is 0 Å². The van der Waals surface area contributed by atoms with Crippen LogP contribution in [0.25, 0.3) is 0 Å². The molecule has 0 aromatic heterocycles. The highest BCUT2D eigenvalue weighted by Gasteiger charge is 2.61. The molecule has 2 amide bonds. The van der Waals surface area contributed by atoms with Gasteiger partial charge in [-0.3, -0.25) is 9.59 Å². The molecule has 7 N–H and O–H groups in total. The molecule has 1 unspecified atom stereocenters. The zero-order valence-corrected chi connectivity index (χ0v) is 27.4. The van der Waals surface area contributed by atoms with Crippen molar-refractivity contribution in [1.29, 1.82) is 0 Å². The van der Waals surface area contributed by atoms with Gasteiger partial charge in [0.1, 0.15) is 23.8 Å². The Hall–Kier alpha value is -3.88. The van der Waals surface area contributed by atoms with Crippen LogP contribution >= 0.6 is 0 Å². The first kappa shape index (κ1) is 40.1. The summed E-state index contributed by atoms with van der Waals surface area (Å²) in [6.45, 7) is 5.07. The highest BCUT2D eigenvalue weighted by molar-refractivity contribution is 6.11. The maximum Gasteiger partial charge on any atom is 0.347 e. The Morgan fingerprint density at radius 2 is 1.57 bits per heavy atom. The van der Waals surface area contributed by atoms with Crippen molar-refractivity contribution in [1.82, 2.24) is 5.32 Å². The van der Waals surface area contributed by atoms with Crippen molar-refractivity contribution in [3.63, 3.8) is 0 Å². The Kier molecular flexibility index (Phi) is 18.3. The lowest BCUT2D eigenvalue weighted by Gasteiger charge is -2.36. The number of benzene rings is 1. The summed E-state index contributed by atoms with van der Waals surface area (Å²) in [4.78, 5) is 49.9. The van der Waals surface area contributed by atoms with Crippen LogP contribution in [0.1, 0.15) is 103 Å². The summed E-state index contributed by atoms with van der Waals surface area (Å²) in [5.74, 6) is -0.327. The summed E-state index contributed by atoms with van der Waals surface area (Å²) in [5.41, 5.74) is 0.0274. The van der Waals surface area contributed by atoms with Crippen LogP contribution < -0.4 is 15.8 Å². The predicted molar refractivity (Wildman–Crippen MR) is 175 cm³/mol. The molecule has 0 heterocycles. The second-order valence-electron chi connectivity index (χ2n) is 11.8. The van der Waals surface area contributed by atoms with E-state index in [1.54, 1.807) is 31.2 Å². The first-order valence-corrected chi connectivity index (χ1v) is 16.1. The van der Waals surface area contributed by atoms with E-state index in [0.29, 0.717) is 24.2 Å². The van der Waals surface area contributed by atoms with E-state index in [2.05, 4.69) is 24.1 Å². The molecule has 0 radical (unpaired) electrons. The summed E-state index contributed by atoms with van der Waals surface area (Å²) >= 11 is 0. The van der Waals surface area contributed by atoms with Crippen molar-refractivity contribution >= 4 is 23.8 Å². The highest BCUT2D eigenvalue weighted by atomic mass is 16.5. The Morgan fingerprint density at radius 3 is 2.09 bits per heavy atom. The van der Waals surface area contributed by atoms with Crippen molar-refractivity contribution in [2.45, 2.75) is 122 Å². The number of carbonyl (C=O) groups is 4. The normalized spacial score (nSPS) is 15.1. The van der Waals surface area contributed by atoms with Crippen molar-refractivity contribution in [3.8, 4) is 17.6 Å². The van der Waals surface area contributed by atoms with E-state index in [0.717, 1.165) is 57.9 Å². The average Bonchev–Trinajstić information content (AvgIpc) is 3.01. The summed E-state index contributed by atoms with van der Waals surface area (Å²) in [7, 11) is 0. The molecule has 0 aliphatic rings. The SMILES string of the molecule is CC#CCOc1ccc(C[C@H](NC(=O)[C@@](C)(/C=C/CCCCCCC(O)CCCCCCC)[C@](O)(C(N)=O)C(=O)O)C(=O)O)cc1. The second-order valence-corrected chi connectivity index (χ2v) is 11.8. The molecule has 1 aromatic carbocycles. The molecule has 4 atom stereocenters. The molecule has 0 aliphatic heterocycles. The lowest BCUT2D eigenvalue weighted by atomic mass is 9.71. The van der Waals surface area contributed by atoms with Gasteiger partial charge in [-0.05, 0) is 57.2 Å². The van der Waals surface area contributed by atoms with Crippen molar-refractivity contribution in [3.05, 3.63) is 42.0 Å². The largest absolute Gasteiger partial charge is 0.481 e. The molecule has 256 valence electrons. The van der Waals surface area contributed by atoms with Gasteiger partial charge < -0.3 is 36.2 Å². The zero-order valence-electron chi connectivity index (χ0n) is 27.4. The third-order valence-electron chi connectivity index (χ3n) is 8.09. The van der Waals surface area contributed by atoms with E-state index >= 15 is 0 Å². The monoisotopic (exact) mass is 644 g/mol. The average molecular weight is 645 g/mol. The number of allylic oxidation sites excluding steroid dienone is 1. The fourth-order valence-electron chi connectivity index (χ4n) is 5.04. The number of aliphatic hydroxyl groups is 2. The van der Waals surface area contributed by atoms with Gasteiger partial charge in [-0.25, -0.2) is 9.59 Å². The quantitative estimate of drug-likeness (QED) is 0.0415. The van der Waals surface area contributed by atoms with Gasteiger partial charge in [0.2, 0.25) is 5.91 Å². The Bertz CT molecular complexity index is 1190. The standard InChI is InChI=1S/C35H52N2O9/c1-4-6-8-11-14-17-27(38)18-15-12-9-10-13-16-23-34(3,35(45,31(36)41)33(43)44)32(42)37-29(30(39)40)25-26-19-21-28(22-20-26)46-24-7-5-2/h16,19-23,27,29,38,45H,4,6,8-15,17-18,24-25H2,1-3H3,(H2,36,41)(H,37,42)(H,39,40)(H,43,44)/b23-16+/t27?,29-,34+,35-/m0/s1. The van der Waals surface area contributed by atoms with Gasteiger partial charge in [0.25, 0.3) is 11.5 Å². The minimum absolute atomic E-state index is 0.175. The van der Waals surface area contributed by atoms with Crippen LogP contribution in [0.15, 0.2) is 36.4 Å². The van der Waals surface area contributed by atoms with Crippen LogP contribution in [0, 0.1) is 17.3 Å². The first-order chi connectivity index (χ1) is 21.8. The number of carboxylic acid groups (broad SMARTS) is 2. The van der Waals surface area contributed by atoms with E-state index in [9.17, 15) is 39.6 Å². The third kappa shape index (κ3) is 12.9. The summed E-state index contributed by atoms with van der Waals surface area (Å²) < 4.78 is 5.45. The summed E-state index contributed by atoms with van der Waals surface area (Å²) in [6.07, 6.45) is 13.0. The van der Waals surface area contributed by atoms with E-state index < -0.39 is 40.8 Å². The fraction of sp³-hybridized carbons (Fsp3) is 0.600. The lowest BCUT2D eigenvalue weighted by molar-refractivity contribution is -0.179. The number of aliphatic carboxylic acids is 2. The molecule has 1 aromatic rings. The predicted octanol–water partition coefficient (Wildman–Crippen LogP) is 4.13. The number of carbonyl (C=O) groups excluding carboxylic acids is 2. The first-order valence-electron chi connectivity index (χ1n) is 16.1. The van der Waals surface area contributed by atoms with Gasteiger partial charge in [-0.1, -0.05) is 88.5 Å². The number of unbranched alkanes of at least 4 members (excludes halogenated alkanes) is 8. The minimum atomic E-state index is -3.36. The Labute approximate surface area is 272 Å². The van der Waals surface area contributed by atoms with E-state index in [1.165, 1.54) is 25.3 Å². The van der Waals surface area contributed by atoms with Crippen molar-refractivity contribution in [2.75, 3.05) is 6.61 Å². The minimum Gasteiger partial charge on any atom is -0.481 e. The van der Waals surface area contributed by atoms with Gasteiger partial charge in [0.05, 0.1) is 6.10 Å². The zero-order chi connectivity index (χ0) is 34.6. The number of amides is 2. The number of aliphatic hydroxyl groups excluding tert-OH is 1. The number of rotatable bonds is 24. The van der Waals surface area contributed by atoms with Crippen molar-refractivity contribution < 1.29 is 44.3 Å². The maximum absolute atomic E-state index is 13.5. The van der Waals surface area contributed by atoms with E-state index in [-0.39, 0.29) is 19.1 Å². The Balaban J connectivity index is 2.88. The lowest BCUT2D eigenvalue weighted by Crippen LogP contribution is -2.66. The van der Waals surface area contributed by atoms with E-state index in [1.807, 2.05) is 0 Å². The molecule has 0 saturated carbocycles. The molecule has 11 nitrogen and oxygen atoms in total. The molecule has 0 saturated heterocycles. The molecule has 0 spiro atoms. The van der Waals surface area contributed by atoms with Gasteiger partial charge in [-0.2, -0.15) is 0 Å². The molecule has 0 fully saturated rings. The molecular formula is C35H52N2O9. The molecular weight excluding hydrogens is 592 g/mol. The third-order valence-corrected chi connectivity index (χ3v) is 8.09. The molecule has 11 heteroatoms. The number of ether oxygens (including phenoxy) is 1. The number of carboxylic acids is 2. The molecule has 0 aliphatic carbocycles. The summed E-state index contributed by atoms with van der Waals surface area (Å²) in [6, 6.07) is 4.95. The fourth-order valence-corrected chi connectivity index (χ4v) is 5.04. The number of hydrogen-bond acceptors (Lipinski definition) is 7. The number of hydrogen-bond donors (Lipinski definition) is 6. The number of nitrogens with two attached hydrogens (primary N) is 1. The van der Waals surface area contributed by atoms with Gasteiger partial charge >= 0.3 is 11.9 Å². The highest BCUT2D eigenvalue weighted by Crippen LogP contribution is 2.35. The van der Waals surface area contributed by atoms with Crippen LogP contribution in [0.4, 0.5) is 0 Å². The molecule has 0 bridgehead atoms. The van der Waals surface area contributed by atoms with Gasteiger partial charge in [0, 0.05) is 6.42 Å². The van der Waals surface area contributed by atoms with Crippen LogP contribution in [0.5, 0.6) is 5.75 Å². The smallest absolute Gasteiger partial charge is 0.347 e. The summed E-state index contributed by atoms with van der Waals surface area (Å²) in [5, 5.41) is 43.0. The number of primary amides is 1. The topological polar surface area (TPSA) is 196 Å². The van der Waals surface area contributed by atoms with Crippen LogP contribution in [0.2, 0.25) is 0 Å². The van der Waals surface area contributed by atoms with Crippen molar-refractivity contribution in [2.24, 2.45) is 11.1 Å². The van der Waals surface area contributed by atoms with Crippen LogP contribution in [-0.4, -0.2) is 68.5 Å². The van der Waals surface area contributed by atoms with E-state index in [4.69, 9.17) is 10.5 Å². The Morgan fingerprint density at radius 1 is 0.978 bits per heavy atom. The van der Waals surface area contributed by atoms with Gasteiger partial charge in [0.15, 0.2) is 0 Å².